The SMILES string of the molecule is Fc1ccc(-c2c(C3CCOCC3)nc(OC3CC(F)C3)c3cc4[nH]ncc4cc23)cc1F. The van der Waals surface area contributed by atoms with Crippen LogP contribution in [0.3, 0.4) is 0 Å². The van der Waals surface area contributed by atoms with Crippen LogP contribution in [0.15, 0.2) is 36.5 Å². The average Bonchev–Trinajstić information content (AvgIpc) is 3.26. The molecule has 8 heteroatoms. The molecule has 6 rings (SSSR count). The van der Waals surface area contributed by atoms with E-state index in [1.54, 1.807) is 12.3 Å². The molecule has 2 fully saturated rings. The van der Waals surface area contributed by atoms with E-state index in [2.05, 4.69) is 10.2 Å². The van der Waals surface area contributed by atoms with Crippen molar-refractivity contribution in [2.75, 3.05) is 13.2 Å². The van der Waals surface area contributed by atoms with Gasteiger partial charge < -0.3 is 9.47 Å². The van der Waals surface area contributed by atoms with Gasteiger partial charge in [0.15, 0.2) is 11.6 Å². The maximum atomic E-state index is 14.3. The van der Waals surface area contributed by atoms with Crippen molar-refractivity contribution >= 4 is 21.7 Å². The lowest BCUT2D eigenvalue weighted by atomic mass is 9.87. The molecule has 2 aliphatic rings. The van der Waals surface area contributed by atoms with E-state index in [9.17, 15) is 13.2 Å². The van der Waals surface area contributed by atoms with E-state index in [1.807, 2.05) is 12.1 Å². The molecule has 1 aliphatic heterocycles. The first kappa shape index (κ1) is 20.5. The number of alkyl halides is 1. The lowest BCUT2D eigenvalue weighted by Crippen LogP contribution is -2.35. The summed E-state index contributed by atoms with van der Waals surface area (Å²) in [4.78, 5) is 4.94. The summed E-state index contributed by atoms with van der Waals surface area (Å²) >= 11 is 0. The molecule has 2 aromatic carbocycles. The van der Waals surface area contributed by atoms with Crippen molar-refractivity contribution in [3.05, 3.63) is 53.9 Å². The molecule has 5 nitrogen and oxygen atoms in total. The Morgan fingerprint density at radius 2 is 1.82 bits per heavy atom. The zero-order valence-electron chi connectivity index (χ0n) is 17.8. The summed E-state index contributed by atoms with van der Waals surface area (Å²) in [6.45, 7) is 1.20. The van der Waals surface area contributed by atoms with Gasteiger partial charge in [-0.2, -0.15) is 5.10 Å². The number of aromatic nitrogens is 3. The molecule has 0 radical (unpaired) electrons. The van der Waals surface area contributed by atoms with Crippen molar-refractivity contribution < 1.29 is 22.6 Å². The van der Waals surface area contributed by atoms with Crippen molar-refractivity contribution in [3.8, 4) is 17.0 Å². The summed E-state index contributed by atoms with van der Waals surface area (Å²) in [6.07, 6.45) is 2.84. The van der Waals surface area contributed by atoms with Crippen molar-refractivity contribution in [3.63, 3.8) is 0 Å². The summed E-state index contributed by atoms with van der Waals surface area (Å²) in [5.74, 6) is -1.30. The maximum absolute atomic E-state index is 14.3. The average molecular weight is 453 g/mol. The minimum Gasteiger partial charge on any atom is -0.474 e. The minimum atomic E-state index is -0.910. The Kier molecular flexibility index (Phi) is 4.98. The molecule has 1 saturated heterocycles. The summed E-state index contributed by atoms with van der Waals surface area (Å²) in [5.41, 5.74) is 2.88. The molecule has 1 saturated carbocycles. The van der Waals surface area contributed by atoms with Gasteiger partial charge in [-0.05, 0) is 48.1 Å². The number of halogens is 3. The number of nitrogens with zero attached hydrogens (tertiary/aromatic N) is 2. The second-order valence-electron chi connectivity index (χ2n) is 8.86. The standard InChI is InChI=1S/C25H22F3N3O2/c26-16-9-17(10-16)33-25-19-11-22-15(12-29-31-22)7-18(19)23(14-1-2-20(27)21(28)8-14)24(30-25)13-3-5-32-6-4-13/h1-2,7-8,11-13,16-17H,3-6,9-10H2,(H,29,31). The first-order valence-electron chi connectivity index (χ1n) is 11.2. The Labute approximate surface area is 187 Å². The van der Waals surface area contributed by atoms with E-state index in [4.69, 9.17) is 14.5 Å². The molecule has 170 valence electrons. The number of aromatic amines is 1. The van der Waals surface area contributed by atoms with Crippen LogP contribution in [0.2, 0.25) is 0 Å². The second-order valence-corrected chi connectivity index (χ2v) is 8.86. The van der Waals surface area contributed by atoms with Gasteiger partial charge in [0.25, 0.3) is 0 Å². The van der Waals surface area contributed by atoms with Crippen LogP contribution < -0.4 is 4.74 Å². The third kappa shape index (κ3) is 3.62. The second kappa shape index (κ2) is 8.02. The van der Waals surface area contributed by atoms with E-state index in [1.165, 1.54) is 6.07 Å². The molecule has 0 amide bonds. The Balaban J connectivity index is 1.62. The predicted molar refractivity (Wildman–Crippen MR) is 118 cm³/mol. The number of fused-ring (bicyclic) bond motifs is 2. The summed E-state index contributed by atoms with van der Waals surface area (Å²) in [7, 11) is 0. The third-order valence-corrected chi connectivity index (χ3v) is 6.69. The molecule has 0 atom stereocenters. The minimum absolute atomic E-state index is 0.0731. The van der Waals surface area contributed by atoms with Gasteiger partial charge in [-0.25, -0.2) is 18.2 Å². The zero-order chi connectivity index (χ0) is 22.5. The van der Waals surface area contributed by atoms with Crippen LogP contribution in [0, 0.1) is 11.6 Å². The van der Waals surface area contributed by atoms with Gasteiger partial charge in [-0.1, -0.05) is 6.07 Å². The normalized spacial score (nSPS) is 21.4. The summed E-state index contributed by atoms with van der Waals surface area (Å²) < 4.78 is 53.3. The molecule has 0 bridgehead atoms. The zero-order valence-corrected chi connectivity index (χ0v) is 17.8. The molecule has 3 heterocycles. The van der Waals surface area contributed by atoms with Crippen molar-refractivity contribution in [1.29, 1.82) is 0 Å². The summed E-state index contributed by atoms with van der Waals surface area (Å²) in [5, 5.41) is 9.52. The van der Waals surface area contributed by atoms with Crippen LogP contribution in [-0.2, 0) is 4.74 Å². The molecule has 1 aliphatic carbocycles. The molecular weight excluding hydrogens is 431 g/mol. The number of hydrogen-bond acceptors (Lipinski definition) is 4. The number of nitrogens with one attached hydrogen (secondary N) is 1. The Morgan fingerprint density at radius 1 is 1.00 bits per heavy atom. The van der Waals surface area contributed by atoms with E-state index < -0.39 is 17.8 Å². The molecule has 0 unspecified atom stereocenters. The van der Waals surface area contributed by atoms with Crippen LogP contribution in [0.5, 0.6) is 5.88 Å². The topological polar surface area (TPSA) is 60.0 Å². The maximum Gasteiger partial charge on any atom is 0.221 e. The van der Waals surface area contributed by atoms with Gasteiger partial charge in [0.1, 0.15) is 12.3 Å². The van der Waals surface area contributed by atoms with Gasteiger partial charge in [0.05, 0.1) is 17.4 Å². The van der Waals surface area contributed by atoms with E-state index >= 15 is 0 Å². The van der Waals surface area contributed by atoms with Gasteiger partial charge in [-0.15, -0.1) is 0 Å². The van der Waals surface area contributed by atoms with Crippen LogP contribution in [0.1, 0.15) is 37.3 Å². The Bertz CT molecular complexity index is 1340. The fourth-order valence-electron chi connectivity index (χ4n) is 4.81. The van der Waals surface area contributed by atoms with Gasteiger partial charge >= 0.3 is 0 Å². The lowest BCUT2D eigenvalue weighted by molar-refractivity contribution is 0.0385. The van der Waals surface area contributed by atoms with Crippen LogP contribution in [-0.4, -0.2) is 40.7 Å². The number of H-pyrrole nitrogens is 1. The highest BCUT2D eigenvalue weighted by Gasteiger charge is 2.33. The highest BCUT2D eigenvalue weighted by Crippen LogP contribution is 2.43. The number of rotatable bonds is 4. The first-order chi connectivity index (χ1) is 16.1. The van der Waals surface area contributed by atoms with Crippen molar-refractivity contribution in [2.45, 2.75) is 43.9 Å². The molecule has 0 spiro atoms. The number of ether oxygens (including phenoxy) is 2. The fraction of sp³-hybridized carbons (Fsp3) is 0.360. The fourth-order valence-corrected chi connectivity index (χ4v) is 4.81. The molecule has 1 N–H and O–H groups in total. The molecular formula is C25H22F3N3O2. The van der Waals surface area contributed by atoms with E-state index in [-0.39, 0.29) is 12.0 Å². The van der Waals surface area contributed by atoms with Crippen LogP contribution >= 0.6 is 0 Å². The summed E-state index contributed by atoms with van der Waals surface area (Å²) in [6, 6.07) is 7.82. The monoisotopic (exact) mass is 453 g/mol. The smallest absolute Gasteiger partial charge is 0.221 e. The van der Waals surface area contributed by atoms with Crippen molar-refractivity contribution in [1.82, 2.24) is 15.2 Å². The number of benzene rings is 2. The van der Waals surface area contributed by atoms with Gasteiger partial charge in [0.2, 0.25) is 5.88 Å². The van der Waals surface area contributed by atoms with E-state index in [0.717, 1.165) is 51.8 Å². The highest BCUT2D eigenvalue weighted by atomic mass is 19.2. The largest absolute Gasteiger partial charge is 0.474 e. The lowest BCUT2D eigenvalue weighted by Gasteiger charge is -2.31. The van der Waals surface area contributed by atoms with Crippen LogP contribution in [0.25, 0.3) is 32.8 Å². The third-order valence-electron chi connectivity index (χ3n) is 6.69. The molecule has 33 heavy (non-hydrogen) atoms. The first-order valence-corrected chi connectivity index (χ1v) is 11.2. The van der Waals surface area contributed by atoms with Gasteiger partial charge in [-0.3, -0.25) is 5.10 Å². The molecule has 4 aromatic rings. The van der Waals surface area contributed by atoms with Gasteiger partial charge in [0, 0.05) is 48.3 Å². The highest BCUT2D eigenvalue weighted by molar-refractivity contribution is 6.06. The Morgan fingerprint density at radius 3 is 2.58 bits per heavy atom. The van der Waals surface area contributed by atoms with Crippen molar-refractivity contribution in [2.24, 2.45) is 0 Å². The number of pyridine rings is 1. The van der Waals surface area contributed by atoms with Crippen LogP contribution in [0.4, 0.5) is 13.2 Å². The molecule has 2 aromatic heterocycles. The number of hydrogen-bond donors (Lipinski definition) is 1. The van der Waals surface area contributed by atoms with E-state index in [0.29, 0.717) is 37.5 Å². The Hall–Kier alpha value is -3.13. The predicted octanol–water partition coefficient (Wildman–Crippen LogP) is 5.83. The quantitative estimate of drug-likeness (QED) is 0.422.